The number of carbonyl (C=O) groups is 1. The molecule has 0 unspecified atom stereocenters. The summed E-state index contributed by atoms with van der Waals surface area (Å²) in [6.07, 6.45) is 2.30. The van der Waals surface area contributed by atoms with Gasteiger partial charge in [-0.3, -0.25) is 4.98 Å². The van der Waals surface area contributed by atoms with E-state index < -0.39 is 0 Å². The first kappa shape index (κ1) is 17.5. The van der Waals surface area contributed by atoms with Crippen LogP contribution >= 0.6 is 12.4 Å². The minimum absolute atomic E-state index is 0. The number of rotatable bonds is 2. The van der Waals surface area contributed by atoms with E-state index in [0.717, 1.165) is 30.5 Å². The Morgan fingerprint density at radius 2 is 2.00 bits per heavy atom. The van der Waals surface area contributed by atoms with Gasteiger partial charge in [0.05, 0.1) is 12.1 Å². The highest BCUT2D eigenvalue weighted by molar-refractivity contribution is 5.85. The minimum Gasteiger partial charge on any atom is -0.449 e. The van der Waals surface area contributed by atoms with Crippen LogP contribution in [0.4, 0.5) is 4.79 Å². The summed E-state index contributed by atoms with van der Waals surface area (Å²) >= 11 is 0. The predicted molar refractivity (Wildman–Crippen MR) is 94.3 cm³/mol. The van der Waals surface area contributed by atoms with E-state index in [1.54, 1.807) is 4.90 Å². The van der Waals surface area contributed by atoms with Crippen molar-refractivity contribution in [1.29, 1.82) is 0 Å². The zero-order chi connectivity index (χ0) is 15.5. The van der Waals surface area contributed by atoms with Crippen LogP contribution < -0.4 is 0 Å². The second-order valence-corrected chi connectivity index (χ2v) is 5.78. The molecule has 2 heterocycles. The van der Waals surface area contributed by atoms with Gasteiger partial charge in [-0.1, -0.05) is 25.1 Å². The largest absolute Gasteiger partial charge is 0.449 e. The summed E-state index contributed by atoms with van der Waals surface area (Å²) in [6.45, 7) is 6.04. The molecule has 5 heteroatoms. The molecule has 4 nitrogen and oxygen atoms in total. The lowest BCUT2D eigenvalue weighted by atomic mass is 9.99. The maximum Gasteiger partial charge on any atom is 0.409 e. The number of para-hydroxylation sites is 1. The Kier molecular flexibility index (Phi) is 5.83. The lowest BCUT2D eigenvalue weighted by molar-refractivity contribution is 0.104. The van der Waals surface area contributed by atoms with Crippen molar-refractivity contribution >= 4 is 29.4 Å². The van der Waals surface area contributed by atoms with Crippen molar-refractivity contribution < 1.29 is 9.53 Å². The number of halogens is 1. The first-order chi connectivity index (χ1) is 10.7. The van der Waals surface area contributed by atoms with Crippen molar-refractivity contribution in [3.05, 3.63) is 41.1 Å². The fourth-order valence-corrected chi connectivity index (χ4v) is 3.08. The lowest BCUT2D eigenvalue weighted by Gasteiger charge is -2.19. The molecular weight excluding hydrogens is 312 g/mol. The van der Waals surface area contributed by atoms with Gasteiger partial charge in [-0.05, 0) is 37.0 Å². The molecule has 0 radical (unpaired) electrons. The van der Waals surface area contributed by atoms with E-state index in [4.69, 9.17) is 9.72 Å². The molecule has 3 rings (SSSR count). The number of nitrogens with zero attached hydrogens (tertiary/aromatic N) is 2. The molecule has 0 bridgehead atoms. The molecule has 1 aromatic heterocycles. The monoisotopic (exact) mass is 334 g/mol. The maximum atomic E-state index is 12.1. The number of carbonyl (C=O) groups excluding carboxylic acids is 1. The number of amides is 1. The Morgan fingerprint density at radius 1 is 1.26 bits per heavy atom. The number of benzene rings is 1. The standard InChI is InChI=1S/C18H22N2O2.ClH/c1-3-12-22-18(21)20-10-8-15-13(2)14-6-4-5-7-16(14)19-17(15)9-11-20;/h4-7H,3,8-12H2,1-2H3;1H. The van der Waals surface area contributed by atoms with Crippen molar-refractivity contribution in [2.75, 3.05) is 19.7 Å². The number of aryl methyl sites for hydroxylation is 1. The minimum atomic E-state index is -0.197. The van der Waals surface area contributed by atoms with Gasteiger partial charge < -0.3 is 9.64 Å². The Labute approximate surface area is 143 Å². The molecule has 1 aliphatic rings. The highest BCUT2D eigenvalue weighted by atomic mass is 35.5. The summed E-state index contributed by atoms with van der Waals surface area (Å²) in [7, 11) is 0. The van der Waals surface area contributed by atoms with E-state index in [9.17, 15) is 4.79 Å². The van der Waals surface area contributed by atoms with Crippen LogP contribution in [0.1, 0.15) is 30.2 Å². The van der Waals surface area contributed by atoms with Crippen molar-refractivity contribution in [3.8, 4) is 0 Å². The summed E-state index contributed by atoms with van der Waals surface area (Å²) in [5, 5.41) is 1.21. The van der Waals surface area contributed by atoms with Gasteiger partial charge in [0, 0.05) is 30.6 Å². The van der Waals surface area contributed by atoms with Gasteiger partial charge in [0.25, 0.3) is 0 Å². The summed E-state index contributed by atoms with van der Waals surface area (Å²) < 4.78 is 5.26. The molecule has 0 N–H and O–H groups in total. The zero-order valence-electron chi connectivity index (χ0n) is 13.7. The fraction of sp³-hybridized carbons (Fsp3) is 0.444. The third-order valence-corrected chi connectivity index (χ3v) is 4.30. The third-order valence-electron chi connectivity index (χ3n) is 4.30. The fourth-order valence-electron chi connectivity index (χ4n) is 3.08. The van der Waals surface area contributed by atoms with Gasteiger partial charge in [0.2, 0.25) is 0 Å². The smallest absolute Gasteiger partial charge is 0.409 e. The Morgan fingerprint density at radius 3 is 2.78 bits per heavy atom. The molecule has 23 heavy (non-hydrogen) atoms. The van der Waals surface area contributed by atoms with Gasteiger partial charge >= 0.3 is 6.09 Å². The molecular formula is C18H23ClN2O2. The molecule has 1 aliphatic heterocycles. The van der Waals surface area contributed by atoms with E-state index in [1.165, 1.54) is 16.5 Å². The Hall–Kier alpha value is -1.81. The molecule has 2 aromatic rings. The van der Waals surface area contributed by atoms with Crippen LogP contribution in [0, 0.1) is 6.92 Å². The number of hydrogen-bond acceptors (Lipinski definition) is 3. The van der Waals surface area contributed by atoms with Crippen molar-refractivity contribution in [2.45, 2.75) is 33.1 Å². The van der Waals surface area contributed by atoms with Crippen LogP contribution in [0.25, 0.3) is 10.9 Å². The second kappa shape index (κ2) is 7.64. The van der Waals surface area contributed by atoms with E-state index in [1.807, 2.05) is 13.0 Å². The Bertz CT molecular complexity index is 703. The van der Waals surface area contributed by atoms with E-state index in [-0.39, 0.29) is 18.5 Å². The number of aromatic nitrogens is 1. The first-order valence-electron chi connectivity index (χ1n) is 7.99. The van der Waals surface area contributed by atoms with Crippen LogP contribution in [-0.4, -0.2) is 35.7 Å². The molecule has 0 aliphatic carbocycles. The second-order valence-electron chi connectivity index (χ2n) is 5.78. The summed E-state index contributed by atoms with van der Waals surface area (Å²) in [6, 6.07) is 8.25. The summed E-state index contributed by atoms with van der Waals surface area (Å²) in [4.78, 5) is 18.7. The molecule has 0 saturated heterocycles. The van der Waals surface area contributed by atoms with Crippen LogP contribution in [0.2, 0.25) is 0 Å². The van der Waals surface area contributed by atoms with Crippen LogP contribution in [0.3, 0.4) is 0 Å². The molecule has 1 aromatic carbocycles. The third kappa shape index (κ3) is 3.58. The van der Waals surface area contributed by atoms with Gasteiger partial charge in [0.1, 0.15) is 0 Å². The lowest BCUT2D eigenvalue weighted by Crippen LogP contribution is -2.34. The van der Waals surface area contributed by atoms with Gasteiger partial charge in [-0.2, -0.15) is 0 Å². The number of ether oxygens (including phenoxy) is 1. The van der Waals surface area contributed by atoms with Crippen molar-refractivity contribution in [3.63, 3.8) is 0 Å². The van der Waals surface area contributed by atoms with Crippen LogP contribution in [0.5, 0.6) is 0 Å². The highest BCUT2D eigenvalue weighted by Gasteiger charge is 2.22. The maximum absolute atomic E-state index is 12.1. The predicted octanol–water partition coefficient (Wildman–Crippen LogP) is 3.91. The molecule has 0 saturated carbocycles. The normalized spacial score (nSPS) is 13.9. The molecule has 0 spiro atoms. The van der Waals surface area contributed by atoms with E-state index in [0.29, 0.717) is 19.7 Å². The van der Waals surface area contributed by atoms with Gasteiger partial charge in [-0.15, -0.1) is 12.4 Å². The average molecular weight is 335 g/mol. The summed E-state index contributed by atoms with van der Waals surface area (Å²) in [5.41, 5.74) is 4.76. The molecule has 0 atom stereocenters. The first-order valence-corrected chi connectivity index (χ1v) is 7.99. The highest BCUT2D eigenvalue weighted by Crippen LogP contribution is 2.25. The quantitative estimate of drug-likeness (QED) is 0.836. The number of pyridine rings is 1. The van der Waals surface area contributed by atoms with Crippen molar-refractivity contribution in [1.82, 2.24) is 9.88 Å². The SMILES string of the molecule is CCCOC(=O)N1CCc2nc3ccccc3c(C)c2CC1.Cl. The average Bonchev–Trinajstić information content (AvgIpc) is 2.76. The molecule has 124 valence electrons. The van der Waals surface area contributed by atoms with E-state index >= 15 is 0 Å². The number of fused-ring (bicyclic) bond motifs is 2. The molecule has 1 amide bonds. The summed E-state index contributed by atoms with van der Waals surface area (Å²) in [5.74, 6) is 0. The topological polar surface area (TPSA) is 42.4 Å². The Balaban J connectivity index is 0.00000192. The van der Waals surface area contributed by atoms with Crippen LogP contribution in [0.15, 0.2) is 24.3 Å². The van der Waals surface area contributed by atoms with Crippen LogP contribution in [-0.2, 0) is 17.6 Å². The molecule has 0 fully saturated rings. The van der Waals surface area contributed by atoms with E-state index in [2.05, 4.69) is 25.1 Å². The number of hydrogen-bond donors (Lipinski definition) is 0. The van der Waals surface area contributed by atoms with Crippen molar-refractivity contribution in [2.24, 2.45) is 0 Å². The zero-order valence-corrected chi connectivity index (χ0v) is 14.5. The van der Waals surface area contributed by atoms with Gasteiger partial charge in [-0.25, -0.2) is 4.79 Å². The van der Waals surface area contributed by atoms with Gasteiger partial charge in [0.15, 0.2) is 0 Å².